The molecule has 1 saturated carbocycles. The van der Waals surface area contributed by atoms with Crippen LogP contribution in [0.25, 0.3) is 0 Å². The number of carbonyl (C=O) groups is 2. The van der Waals surface area contributed by atoms with Gasteiger partial charge in [0.25, 0.3) is 0 Å². The van der Waals surface area contributed by atoms with Crippen LogP contribution in [0.4, 0.5) is 0 Å². The second-order valence-corrected chi connectivity index (χ2v) is 4.52. The molecule has 5 nitrogen and oxygen atoms in total. The first-order valence-electron chi connectivity index (χ1n) is 6.10. The second kappa shape index (κ2) is 5.62. The number of nitrogens with one attached hydrogen (secondary N) is 1. The molecule has 1 aromatic rings. The number of rotatable bonds is 6. The first-order valence-corrected chi connectivity index (χ1v) is 6.10. The minimum atomic E-state index is -0.893. The van der Waals surface area contributed by atoms with Crippen molar-refractivity contribution in [1.29, 1.82) is 0 Å². The van der Waals surface area contributed by atoms with Crippen LogP contribution < -0.4 is 5.32 Å². The van der Waals surface area contributed by atoms with E-state index in [2.05, 4.69) is 10.3 Å². The predicted octanol–water partition coefficient (Wildman–Crippen LogP) is 1.31. The van der Waals surface area contributed by atoms with Gasteiger partial charge >= 0.3 is 5.97 Å². The van der Waals surface area contributed by atoms with E-state index >= 15 is 0 Å². The molecule has 0 saturated heterocycles. The second-order valence-electron chi connectivity index (χ2n) is 4.52. The lowest BCUT2D eigenvalue weighted by Crippen LogP contribution is -2.31. The van der Waals surface area contributed by atoms with E-state index in [1.54, 1.807) is 24.4 Å². The van der Waals surface area contributed by atoms with E-state index in [4.69, 9.17) is 5.11 Å². The maximum Gasteiger partial charge on any atom is 0.303 e. The molecule has 0 radical (unpaired) electrons. The van der Waals surface area contributed by atoms with Gasteiger partial charge in [-0.2, -0.15) is 0 Å². The van der Waals surface area contributed by atoms with Gasteiger partial charge in [0.05, 0.1) is 11.6 Å². The van der Waals surface area contributed by atoms with Crippen molar-refractivity contribution in [3.63, 3.8) is 0 Å². The van der Waals surface area contributed by atoms with Gasteiger partial charge in [-0.15, -0.1) is 0 Å². The first-order chi connectivity index (χ1) is 8.66. The Bertz CT molecular complexity index is 429. The van der Waals surface area contributed by atoms with Gasteiger partial charge < -0.3 is 10.4 Å². The highest BCUT2D eigenvalue weighted by molar-refractivity contribution is 5.84. The number of carboxylic acids is 1. The quantitative estimate of drug-likeness (QED) is 0.795. The number of carbonyl (C=O) groups excluding carboxylic acids is 1. The average Bonchev–Trinajstić information content (AvgIpc) is 3.14. The van der Waals surface area contributed by atoms with Crippen LogP contribution >= 0.6 is 0 Å². The van der Waals surface area contributed by atoms with E-state index in [1.807, 2.05) is 0 Å². The zero-order valence-corrected chi connectivity index (χ0v) is 10.0. The van der Waals surface area contributed by atoms with Crippen molar-refractivity contribution in [2.75, 3.05) is 0 Å². The molecule has 1 aliphatic rings. The molecule has 1 amide bonds. The number of hydrogen-bond acceptors (Lipinski definition) is 3. The van der Waals surface area contributed by atoms with Gasteiger partial charge in [-0.1, -0.05) is 6.07 Å². The fourth-order valence-corrected chi connectivity index (χ4v) is 1.79. The molecule has 1 aliphatic carbocycles. The van der Waals surface area contributed by atoms with Crippen LogP contribution in [-0.2, 0) is 9.59 Å². The van der Waals surface area contributed by atoms with Gasteiger partial charge in [0, 0.05) is 18.7 Å². The maximum absolute atomic E-state index is 12.1. The van der Waals surface area contributed by atoms with Gasteiger partial charge in [-0.25, -0.2) is 0 Å². The molecule has 1 fully saturated rings. The van der Waals surface area contributed by atoms with Gasteiger partial charge in [-0.05, 0) is 31.4 Å². The van der Waals surface area contributed by atoms with Crippen LogP contribution in [0.3, 0.4) is 0 Å². The van der Waals surface area contributed by atoms with Crippen molar-refractivity contribution >= 4 is 11.9 Å². The number of pyridine rings is 1. The molecule has 18 heavy (non-hydrogen) atoms. The smallest absolute Gasteiger partial charge is 0.303 e. The number of carboxylic acid groups (broad SMARTS) is 1. The van der Waals surface area contributed by atoms with Crippen molar-refractivity contribution in [3.8, 4) is 0 Å². The van der Waals surface area contributed by atoms with E-state index in [0.29, 0.717) is 5.69 Å². The fraction of sp³-hybridized carbons (Fsp3) is 0.462. The summed E-state index contributed by atoms with van der Waals surface area (Å²) >= 11 is 0. The SMILES string of the molecule is O=C(O)CCC(C(=O)NC1CC1)c1ccccn1. The standard InChI is InChI=1S/C13H16N2O3/c16-12(17)7-6-10(11-3-1-2-8-14-11)13(18)15-9-4-5-9/h1-3,8-10H,4-7H2,(H,15,18)(H,16,17). The Morgan fingerprint density at radius 1 is 1.44 bits per heavy atom. The summed E-state index contributed by atoms with van der Waals surface area (Å²) in [7, 11) is 0. The lowest BCUT2D eigenvalue weighted by atomic mass is 9.97. The average molecular weight is 248 g/mol. The van der Waals surface area contributed by atoms with E-state index in [0.717, 1.165) is 12.8 Å². The van der Waals surface area contributed by atoms with Crippen molar-refractivity contribution in [2.24, 2.45) is 0 Å². The Morgan fingerprint density at radius 3 is 2.78 bits per heavy atom. The normalized spacial score (nSPS) is 16.0. The molecule has 1 unspecified atom stereocenters. The lowest BCUT2D eigenvalue weighted by Gasteiger charge is -2.15. The third-order valence-electron chi connectivity index (χ3n) is 2.93. The third kappa shape index (κ3) is 3.55. The number of amides is 1. The summed E-state index contributed by atoms with van der Waals surface area (Å²) in [4.78, 5) is 26.9. The van der Waals surface area contributed by atoms with Crippen molar-refractivity contribution in [3.05, 3.63) is 30.1 Å². The van der Waals surface area contributed by atoms with Gasteiger partial charge in [0.2, 0.25) is 5.91 Å². The number of aromatic nitrogens is 1. The highest BCUT2D eigenvalue weighted by Gasteiger charge is 2.29. The molecule has 0 bridgehead atoms. The van der Waals surface area contributed by atoms with E-state index in [1.165, 1.54) is 0 Å². The molecule has 0 aliphatic heterocycles. The molecule has 0 spiro atoms. The van der Waals surface area contributed by atoms with E-state index in [9.17, 15) is 9.59 Å². The summed E-state index contributed by atoms with van der Waals surface area (Å²) in [5.74, 6) is -1.48. The van der Waals surface area contributed by atoms with Gasteiger partial charge in [0.1, 0.15) is 0 Å². The Kier molecular flexibility index (Phi) is 3.92. The Hall–Kier alpha value is -1.91. The molecule has 1 atom stereocenters. The van der Waals surface area contributed by atoms with E-state index in [-0.39, 0.29) is 24.8 Å². The Balaban J connectivity index is 2.05. The Labute approximate surface area is 105 Å². The molecule has 1 aromatic heterocycles. The minimum absolute atomic E-state index is 0.0284. The zero-order chi connectivity index (χ0) is 13.0. The summed E-state index contributed by atoms with van der Waals surface area (Å²) in [5, 5.41) is 11.6. The predicted molar refractivity (Wildman–Crippen MR) is 65.0 cm³/mol. The van der Waals surface area contributed by atoms with Gasteiger partial charge in [0.15, 0.2) is 0 Å². The zero-order valence-electron chi connectivity index (χ0n) is 10.0. The molecule has 5 heteroatoms. The molecule has 0 aromatic carbocycles. The number of nitrogens with zero attached hydrogens (tertiary/aromatic N) is 1. The van der Waals surface area contributed by atoms with Crippen LogP contribution in [0.15, 0.2) is 24.4 Å². The maximum atomic E-state index is 12.1. The summed E-state index contributed by atoms with van der Waals surface area (Å²) in [5.41, 5.74) is 0.636. The largest absolute Gasteiger partial charge is 0.481 e. The number of hydrogen-bond donors (Lipinski definition) is 2. The molecule has 2 rings (SSSR count). The number of aliphatic carboxylic acids is 1. The first kappa shape index (κ1) is 12.5. The summed E-state index contributed by atoms with van der Waals surface area (Å²) in [6, 6.07) is 5.62. The van der Waals surface area contributed by atoms with Crippen LogP contribution in [0, 0.1) is 0 Å². The monoisotopic (exact) mass is 248 g/mol. The van der Waals surface area contributed by atoms with Crippen molar-refractivity contribution < 1.29 is 14.7 Å². The van der Waals surface area contributed by atoms with Crippen LogP contribution in [0.2, 0.25) is 0 Å². The molecule has 1 heterocycles. The Morgan fingerprint density at radius 2 is 2.22 bits per heavy atom. The highest BCUT2D eigenvalue weighted by atomic mass is 16.4. The van der Waals surface area contributed by atoms with Gasteiger partial charge in [-0.3, -0.25) is 14.6 Å². The minimum Gasteiger partial charge on any atom is -0.481 e. The van der Waals surface area contributed by atoms with Crippen molar-refractivity contribution in [1.82, 2.24) is 10.3 Å². The van der Waals surface area contributed by atoms with E-state index < -0.39 is 11.9 Å². The molecular formula is C13H16N2O3. The lowest BCUT2D eigenvalue weighted by molar-refractivity contribution is -0.137. The third-order valence-corrected chi connectivity index (χ3v) is 2.93. The van der Waals surface area contributed by atoms with Crippen LogP contribution in [-0.4, -0.2) is 28.0 Å². The van der Waals surface area contributed by atoms with Crippen molar-refractivity contribution in [2.45, 2.75) is 37.6 Å². The fourth-order valence-electron chi connectivity index (χ4n) is 1.79. The van der Waals surface area contributed by atoms with Crippen LogP contribution in [0.1, 0.15) is 37.3 Å². The summed E-state index contributed by atoms with van der Waals surface area (Å²) < 4.78 is 0. The molecular weight excluding hydrogens is 232 g/mol. The summed E-state index contributed by atoms with van der Waals surface area (Å²) in [6.07, 6.45) is 3.90. The highest BCUT2D eigenvalue weighted by Crippen LogP contribution is 2.24. The van der Waals surface area contributed by atoms with Crippen LogP contribution in [0.5, 0.6) is 0 Å². The molecule has 2 N–H and O–H groups in total. The topological polar surface area (TPSA) is 79.3 Å². The molecule has 96 valence electrons. The summed E-state index contributed by atoms with van der Waals surface area (Å²) in [6.45, 7) is 0.